The maximum absolute atomic E-state index is 12.6. The van der Waals surface area contributed by atoms with Gasteiger partial charge in [0, 0.05) is 51.2 Å². The molecule has 1 aromatic heterocycles. The average Bonchev–Trinajstić information content (AvgIpc) is 3.06. The maximum Gasteiger partial charge on any atom is 0.253 e. The van der Waals surface area contributed by atoms with E-state index >= 15 is 0 Å². The van der Waals surface area contributed by atoms with Crippen LogP contribution in [-0.2, 0) is 13.5 Å². The molecule has 1 aromatic carbocycles. The number of aromatic nitrogens is 1. The zero-order valence-corrected chi connectivity index (χ0v) is 20.0. The molecule has 1 aliphatic heterocycles. The Labute approximate surface area is 195 Å². The van der Waals surface area contributed by atoms with E-state index in [2.05, 4.69) is 26.3 Å². The smallest absolute Gasteiger partial charge is 0.253 e. The summed E-state index contributed by atoms with van der Waals surface area (Å²) in [7, 11) is 2.01. The number of carbonyl (C=O) groups is 1. The number of hydrogen-bond acceptors (Lipinski definition) is 3. The van der Waals surface area contributed by atoms with Gasteiger partial charge in [0.2, 0.25) is 0 Å². The van der Waals surface area contributed by atoms with Crippen molar-refractivity contribution < 1.29 is 4.79 Å². The number of nitrogens with zero attached hydrogens (tertiary/aromatic N) is 3. The van der Waals surface area contributed by atoms with Crippen LogP contribution in [0.2, 0.25) is 10.0 Å². The summed E-state index contributed by atoms with van der Waals surface area (Å²) in [6.45, 7) is 11.2. The predicted molar refractivity (Wildman–Crippen MR) is 131 cm³/mol. The van der Waals surface area contributed by atoms with Crippen molar-refractivity contribution in [3.63, 3.8) is 0 Å². The van der Waals surface area contributed by atoms with Gasteiger partial charge in [-0.2, -0.15) is 0 Å². The van der Waals surface area contributed by atoms with Gasteiger partial charge in [-0.3, -0.25) is 9.69 Å². The van der Waals surface area contributed by atoms with E-state index in [1.54, 1.807) is 0 Å². The number of aryl methyl sites for hydroxylation is 1. The molecule has 0 saturated carbocycles. The van der Waals surface area contributed by atoms with E-state index in [9.17, 15) is 4.79 Å². The molecular formula is C24H32Cl2N4O. The van der Waals surface area contributed by atoms with Gasteiger partial charge in [0.1, 0.15) is 0 Å². The van der Waals surface area contributed by atoms with Gasteiger partial charge in [0.05, 0.1) is 21.3 Å². The number of amides is 1. The number of piperazine rings is 1. The Morgan fingerprint density at radius 1 is 1.23 bits per heavy atom. The Morgan fingerprint density at radius 3 is 2.68 bits per heavy atom. The summed E-state index contributed by atoms with van der Waals surface area (Å²) >= 11 is 12.5. The third kappa shape index (κ3) is 5.85. The monoisotopic (exact) mass is 462 g/mol. The van der Waals surface area contributed by atoms with Crippen LogP contribution >= 0.6 is 23.2 Å². The van der Waals surface area contributed by atoms with Crippen LogP contribution < -0.4 is 10.2 Å². The summed E-state index contributed by atoms with van der Waals surface area (Å²) in [4.78, 5) is 17.3. The highest BCUT2D eigenvalue weighted by Crippen LogP contribution is 2.32. The molecular weight excluding hydrogens is 431 g/mol. The van der Waals surface area contributed by atoms with Crippen LogP contribution in [0.15, 0.2) is 36.9 Å². The lowest BCUT2D eigenvalue weighted by Gasteiger charge is -2.36. The normalized spacial score (nSPS) is 14.6. The van der Waals surface area contributed by atoms with Gasteiger partial charge in [-0.25, -0.2) is 0 Å². The second kappa shape index (κ2) is 11.1. The van der Waals surface area contributed by atoms with Crippen molar-refractivity contribution in [2.75, 3.05) is 44.2 Å². The molecule has 0 unspecified atom stereocenters. The van der Waals surface area contributed by atoms with E-state index in [0.717, 1.165) is 68.9 Å². The van der Waals surface area contributed by atoms with E-state index in [1.807, 2.05) is 44.3 Å². The largest absolute Gasteiger partial charge is 0.368 e. The van der Waals surface area contributed by atoms with Crippen LogP contribution in [0.4, 0.5) is 5.69 Å². The second-order valence-corrected chi connectivity index (χ2v) is 8.82. The Kier molecular flexibility index (Phi) is 8.47. The van der Waals surface area contributed by atoms with Gasteiger partial charge < -0.3 is 14.8 Å². The van der Waals surface area contributed by atoms with E-state index in [4.69, 9.17) is 23.2 Å². The van der Waals surface area contributed by atoms with Gasteiger partial charge >= 0.3 is 0 Å². The van der Waals surface area contributed by atoms with Gasteiger partial charge in [-0.05, 0) is 50.9 Å². The Hall–Kier alpha value is -1.95. The topological polar surface area (TPSA) is 40.5 Å². The number of benzene rings is 1. The van der Waals surface area contributed by atoms with E-state index in [1.165, 1.54) is 5.69 Å². The third-order valence-corrected chi connectivity index (χ3v) is 6.87. The highest BCUT2D eigenvalue weighted by molar-refractivity contribution is 6.43. The van der Waals surface area contributed by atoms with Crippen molar-refractivity contribution in [2.24, 2.45) is 7.05 Å². The Balaban J connectivity index is 1.41. The summed E-state index contributed by atoms with van der Waals surface area (Å²) in [5.74, 6) is 0.0124. The minimum absolute atomic E-state index is 0.0124. The van der Waals surface area contributed by atoms with Gasteiger partial charge in [0.25, 0.3) is 5.91 Å². The molecule has 1 amide bonds. The molecule has 1 N–H and O–H groups in total. The third-order valence-electron chi connectivity index (χ3n) is 6.06. The molecule has 3 rings (SSSR count). The zero-order valence-electron chi connectivity index (χ0n) is 18.5. The molecule has 1 fully saturated rings. The first-order valence-corrected chi connectivity index (χ1v) is 11.6. The fourth-order valence-electron chi connectivity index (χ4n) is 4.03. The Morgan fingerprint density at radius 2 is 1.97 bits per heavy atom. The minimum Gasteiger partial charge on any atom is -0.368 e. The van der Waals surface area contributed by atoms with Crippen molar-refractivity contribution in [3.05, 3.63) is 63.9 Å². The summed E-state index contributed by atoms with van der Waals surface area (Å²) in [5, 5.41) is 4.31. The van der Waals surface area contributed by atoms with Crippen molar-refractivity contribution in [1.82, 2.24) is 14.8 Å². The minimum atomic E-state index is 0.0124. The molecule has 2 aromatic rings. The lowest BCUT2D eigenvalue weighted by atomic mass is 10.2. The summed E-state index contributed by atoms with van der Waals surface area (Å²) < 4.78 is 2.10. The molecule has 0 radical (unpaired) electrons. The van der Waals surface area contributed by atoms with Crippen LogP contribution in [0.1, 0.15) is 34.6 Å². The van der Waals surface area contributed by atoms with Crippen LogP contribution in [0.25, 0.3) is 0 Å². The fraction of sp³-hybridized carbons (Fsp3) is 0.458. The number of anilines is 1. The van der Waals surface area contributed by atoms with Crippen molar-refractivity contribution in [3.8, 4) is 0 Å². The molecule has 0 bridgehead atoms. The zero-order chi connectivity index (χ0) is 22.4. The number of allylic oxidation sites excluding steroid dienone is 1. The first-order valence-electron chi connectivity index (χ1n) is 10.9. The number of carbonyl (C=O) groups excluding carboxylic acids is 1. The molecule has 7 heteroatoms. The molecule has 2 heterocycles. The molecule has 0 spiro atoms. The van der Waals surface area contributed by atoms with Crippen LogP contribution in [0, 0.1) is 6.92 Å². The predicted octanol–water partition coefficient (Wildman–Crippen LogP) is 4.70. The van der Waals surface area contributed by atoms with E-state index in [-0.39, 0.29) is 5.91 Å². The number of halogens is 2. The van der Waals surface area contributed by atoms with Gasteiger partial charge in [-0.1, -0.05) is 35.3 Å². The van der Waals surface area contributed by atoms with Crippen molar-refractivity contribution >= 4 is 34.8 Å². The van der Waals surface area contributed by atoms with E-state index in [0.29, 0.717) is 16.6 Å². The first kappa shape index (κ1) is 23.7. The standard InChI is InChI=1S/C24H32Cl2N4O/c1-4-5-8-19-17-20(18(2)28(19)3)24(31)27-11-7-12-29-13-15-30(16-14-29)22-10-6-9-21(25)23(22)26/h4,6,9-10,17H,1,5,7-8,11-16H2,2-3H3,(H,27,31). The van der Waals surface area contributed by atoms with Gasteiger partial charge in [0.15, 0.2) is 0 Å². The molecule has 1 aliphatic rings. The fourth-order valence-corrected chi connectivity index (χ4v) is 4.45. The lowest BCUT2D eigenvalue weighted by molar-refractivity contribution is 0.0950. The summed E-state index contributed by atoms with van der Waals surface area (Å²) in [6.07, 6.45) is 4.65. The number of nitrogens with one attached hydrogen (secondary N) is 1. The maximum atomic E-state index is 12.6. The highest BCUT2D eigenvalue weighted by atomic mass is 35.5. The molecule has 0 aliphatic carbocycles. The molecule has 5 nitrogen and oxygen atoms in total. The molecule has 1 saturated heterocycles. The molecule has 168 valence electrons. The average molecular weight is 463 g/mol. The molecule has 0 atom stereocenters. The van der Waals surface area contributed by atoms with E-state index < -0.39 is 0 Å². The molecule has 31 heavy (non-hydrogen) atoms. The quantitative estimate of drug-likeness (QED) is 0.433. The van der Waals surface area contributed by atoms with Crippen LogP contribution in [0.5, 0.6) is 0 Å². The second-order valence-electron chi connectivity index (χ2n) is 8.03. The van der Waals surface area contributed by atoms with Crippen molar-refractivity contribution in [2.45, 2.75) is 26.2 Å². The summed E-state index contributed by atoms with van der Waals surface area (Å²) in [5.41, 5.74) is 3.95. The first-order chi connectivity index (χ1) is 14.9. The highest BCUT2D eigenvalue weighted by Gasteiger charge is 2.20. The summed E-state index contributed by atoms with van der Waals surface area (Å²) in [6, 6.07) is 7.79. The number of hydrogen-bond donors (Lipinski definition) is 1. The van der Waals surface area contributed by atoms with Crippen molar-refractivity contribution in [1.29, 1.82) is 0 Å². The lowest BCUT2D eigenvalue weighted by Crippen LogP contribution is -2.47. The van der Waals surface area contributed by atoms with Gasteiger partial charge in [-0.15, -0.1) is 6.58 Å². The SMILES string of the molecule is C=CCCc1cc(C(=O)NCCCN2CCN(c3cccc(Cl)c3Cl)CC2)c(C)n1C. The number of rotatable bonds is 9. The van der Waals surface area contributed by atoms with Crippen LogP contribution in [0.3, 0.4) is 0 Å². The Bertz CT molecular complexity index is 917. The van der Waals surface area contributed by atoms with Crippen LogP contribution in [-0.4, -0.2) is 54.6 Å².